The van der Waals surface area contributed by atoms with Crippen molar-refractivity contribution >= 4 is 34.2 Å². The van der Waals surface area contributed by atoms with E-state index in [0.29, 0.717) is 37.6 Å². The van der Waals surface area contributed by atoms with Gasteiger partial charge < -0.3 is 20.1 Å². The number of anilines is 1. The van der Waals surface area contributed by atoms with Gasteiger partial charge in [0, 0.05) is 31.6 Å². The zero-order valence-electron chi connectivity index (χ0n) is 23.8. The minimum Gasteiger partial charge on any atom is -0.491 e. The fourth-order valence-corrected chi connectivity index (χ4v) is 4.15. The van der Waals surface area contributed by atoms with Gasteiger partial charge in [0.1, 0.15) is 18.2 Å². The Kier molecular flexibility index (Phi) is 10.0. The highest BCUT2D eigenvalue weighted by atomic mass is 16.5. The van der Waals surface area contributed by atoms with E-state index in [0.717, 1.165) is 41.9 Å². The van der Waals surface area contributed by atoms with Crippen LogP contribution in [0.3, 0.4) is 0 Å². The van der Waals surface area contributed by atoms with Crippen LogP contribution in [0.25, 0.3) is 16.7 Å². The Bertz CT molecular complexity index is 1250. The molecule has 0 bridgehead atoms. The maximum absolute atomic E-state index is 12.8. The number of nitrogens with zero attached hydrogens (tertiary/aromatic N) is 4. The molecule has 0 spiro atoms. The van der Waals surface area contributed by atoms with Gasteiger partial charge >= 0.3 is 0 Å². The number of ketones is 1. The van der Waals surface area contributed by atoms with Gasteiger partial charge in [-0.2, -0.15) is 0 Å². The molecule has 0 aliphatic rings. The third-order valence-electron chi connectivity index (χ3n) is 6.39. The van der Waals surface area contributed by atoms with E-state index >= 15 is 0 Å². The Hall–Kier alpha value is -3.27. The lowest BCUT2D eigenvalue weighted by Gasteiger charge is -2.26. The van der Waals surface area contributed by atoms with Crippen molar-refractivity contribution in [1.29, 1.82) is 0 Å². The van der Waals surface area contributed by atoms with Crippen LogP contribution in [-0.2, 0) is 14.3 Å². The van der Waals surface area contributed by atoms with Crippen molar-refractivity contribution in [2.75, 3.05) is 32.2 Å². The van der Waals surface area contributed by atoms with Gasteiger partial charge in [-0.3, -0.25) is 14.0 Å². The van der Waals surface area contributed by atoms with Gasteiger partial charge in [0.05, 0.1) is 23.7 Å². The minimum absolute atomic E-state index is 0.0503. The van der Waals surface area contributed by atoms with Crippen LogP contribution in [0.5, 0.6) is 5.75 Å². The largest absolute Gasteiger partial charge is 0.491 e. The molecule has 1 aromatic carbocycles. The summed E-state index contributed by atoms with van der Waals surface area (Å²) in [5.74, 6) is 2.20. The summed E-state index contributed by atoms with van der Waals surface area (Å²) in [5.41, 5.74) is 1.83. The minimum atomic E-state index is -0.525. The highest BCUT2D eigenvalue weighted by molar-refractivity contribution is 5.91. The van der Waals surface area contributed by atoms with E-state index in [2.05, 4.69) is 20.8 Å². The number of aryl methyl sites for hydroxylation is 1. The molecule has 208 valence electrons. The fourth-order valence-electron chi connectivity index (χ4n) is 4.15. The monoisotopic (exact) mass is 526 g/mol. The Morgan fingerprint density at radius 1 is 1.08 bits per heavy atom. The predicted octanol–water partition coefficient (Wildman–Crippen LogP) is 4.34. The second-order valence-corrected chi connectivity index (χ2v) is 11.0. The van der Waals surface area contributed by atoms with E-state index in [9.17, 15) is 9.59 Å². The molecule has 0 aliphatic heterocycles. The first-order chi connectivity index (χ1) is 18.0. The predicted molar refractivity (Wildman–Crippen MR) is 149 cm³/mol. The van der Waals surface area contributed by atoms with Gasteiger partial charge in [-0.05, 0) is 37.8 Å². The lowest BCUT2D eigenvalue weighted by Crippen LogP contribution is -2.48. The molecule has 2 N–H and O–H groups in total. The number of carbonyl (C=O) groups excluding carboxylic acids is 2. The van der Waals surface area contributed by atoms with E-state index in [-0.39, 0.29) is 17.6 Å². The molecule has 0 saturated heterocycles. The van der Waals surface area contributed by atoms with Crippen molar-refractivity contribution in [3.63, 3.8) is 0 Å². The number of carbonyl (C=O) groups is 2. The molecular formula is C28H42N6O4. The first-order valence-electron chi connectivity index (χ1n) is 13.4. The van der Waals surface area contributed by atoms with Gasteiger partial charge in [-0.25, -0.2) is 4.98 Å². The summed E-state index contributed by atoms with van der Waals surface area (Å²) in [5, 5.41) is 14.9. The van der Waals surface area contributed by atoms with Crippen molar-refractivity contribution in [2.24, 2.45) is 11.3 Å². The Labute approximate surface area is 224 Å². The summed E-state index contributed by atoms with van der Waals surface area (Å²) in [6.45, 7) is 13.1. The van der Waals surface area contributed by atoms with Gasteiger partial charge in [0.2, 0.25) is 11.6 Å². The number of benzene rings is 1. The summed E-state index contributed by atoms with van der Waals surface area (Å²) in [7, 11) is 1.64. The zero-order chi connectivity index (χ0) is 27.9. The molecule has 0 unspecified atom stereocenters. The first-order valence-corrected chi connectivity index (χ1v) is 13.4. The quantitative estimate of drug-likeness (QED) is 0.298. The Morgan fingerprint density at radius 2 is 1.84 bits per heavy atom. The highest BCUT2D eigenvalue weighted by Gasteiger charge is 2.29. The number of Topliss-reactive ketones (excluding diaryl/α,β-unsaturated/α-hetero) is 1. The van der Waals surface area contributed by atoms with Crippen LogP contribution in [0.2, 0.25) is 0 Å². The molecule has 10 heteroatoms. The average molecular weight is 527 g/mol. The van der Waals surface area contributed by atoms with Gasteiger partial charge in [0.25, 0.3) is 0 Å². The number of nitrogens with one attached hydrogen (secondary N) is 2. The number of hydrogen-bond acceptors (Lipinski definition) is 8. The van der Waals surface area contributed by atoms with Crippen molar-refractivity contribution in [2.45, 2.75) is 73.3 Å². The van der Waals surface area contributed by atoms with Crippen molar-refractivity contribution in [1.82, 2.24) is 24.9 Å². The van der Waals surface area contributed by atoms with Crippen LogP contribution in [0.15, 0.2) is 18.2 Å². The third-order valence-corrected chi connectivity index (χ3v) is 6.39. The lowest BCUT2D eigenvalue weighted by atomic mass is 9.91. The van der Waals surface area contributed by atoms with Crippen molar-refractivity contribution in [3.05, 3.63) is 24.0 Å². The summed E-state index contributed by atoms with van der Waals surface area (Å²) >= 11 is 0. The van der Waals surface area contributed by atoms with E-state index in [1.54, 1.807) is 7.11 Å². The molecular weight excluding hydrogens is 484 g/mol. The van der Waals surface area contributed by atoms with E-state index in [1.165, 1.54) is 0 Å². The standard InChI is InChI=1S/C28H42N6O4/c1-18(2)24(31-27(36)28(4,5)6)23(35)11-9-8-10-14-29-25-26-33-32-19(3)34(26)22-13-12-20(17-21(22)30-25)38-16-15-37-7/h12-13,17-18,24H,8-11,14-16H2,1-7H3,(H,29,30)(H,31,36)/t24-/m0/s1. The van der Waals surface area contributed by atoms with Crippen LogP contribution >= 0.6 is 0 Å². The fraction of sp³-hybridized carbons (Fsp3) is 0.607. The molecule has 3 aromatic rings. The molecule has 2 heterocycles. The summed E-state index contributed by atoms with van der Waals surface area (Å²) in [6.07, 6.45) is 2.96. The van der Waals surface area contributed by atoms with Crippen LogP contribution in [-0.4, -0.2) is 64.2 Å². The smallest absolute Gasteiger partial charge is 0.225 e. The zero-order valence-corrected chi connectivity index (χ0v) is 23.8. The van der Waals surface area contributed by atoms with Crippen LogP contribution in [0.4, 0.5) is 5.82 Å². The molecule has 38 heavy (non-hydrogen) atoms. The number of methoxy groups -OCH3 is 1. The van der Waals surface area contributed by atoms with Crippen molar-refractivity contribution < 1.29 is 19.1 Å². The van der Waals surface area contributed by atoms with Crippen LogP contribution < -0.4 is 15.4 Å². The Balaban J connectivity index is 1.57. The molecule has 0 saturated carbocycles. The summed E-state index contributed by atoms with van der Waals surface area (Å²) < 4.78 is 12.8. The molecule has 10 nitrogen and oxygen atoms in total. The molecule has 1 amide bonds. The number of fused-ring (bicyclic) bond motifs is 3. The van der Waals surface area contributed by atoms with Crippen LogP contribution in [0.1, 0.15) is 66.1 Å². The summed E-state index contributed by atoms with van der Waals surface area (Å²) in [4.78, 5) is 30.0. The van der Waals surface area contributed by atoms with Gasteiger partial charge in [-0.15, -0.1) is 10.2 Å². The number of hydrogen-bond donors (Lipinski definition) is 2. The lowest BCUT2D eigenvalue weighted by molar-refractivity contribution is -0.133. The average Bonchev–Trinajstić information content (AvgIpc) is 3.25. The number of ether oxygens (including phenoxy) is 2. The summed E-state index contributed by atoms with van der Waals surface area (Å²) in [6, 6.07) is 5.33. The second kappa shape index (κ2) is 13.0. The first kappa shape index (κ1) is 29.3. The molecule has 3 rings (SSSR count). The number of amides is 1. The van der Waals surface area contributed by atoms with E-state index < -0.39 is 11.5 Å². The SMILES string of the molecule is COCCOc1ccc2c(c1)nc(NCCCCCC(=O)[C@@H](NC(=O)C(C)(C)C)C(C)C)c1nnc(C)n12. The maximum Gasteiger partial charge on any atom is 0.225 e. The number of unbranched alkanes of at least 4 members (excludes halogenated alkanes) is 2. The van der Waals surface area contributed by atoms with Gasteiger partial charge in [0.15, 0.2) is 11.6 Å². The number of rotatable bonds is 14. The Morgan fingerprint density at radius 3 is 2.53 bits per heavy atom. The second-order valence-electron chi connectivity index (χ2n) is 11.0. The molecule has 1 atom stereocenters. The molecule has 0 fully saturated rings. The maximum atomic E-state index is 12.8. The van der Waals surface area contributed by atoms with E-state index in [1.807, 2.05) is 64.1 Å². The topological polar surface area (TPSA) is 120 Å². The van der Waals surface area contributed by atoms with Crippen molar-refractivity contribution in [3.8, 4) is 5.75 Å². The molecule has 0 radical (unpaired) electrons. The van der Waals surface area contributed by atoms with Gasteiger partial charge in [-0.1, -0.05) is 41.0 Å². The normalized spacial score (nSPS) is 12.7. The van der Waals surface area contributed by atoms with E-state index in [4.69, 9.17) is 14.5 Å². The van der Waals surface area contributed by atoms with Crippen LogP contribution in [0, 0.1) is 18.3 Å². The highest BCUT2D eigenvalue weighted by Crippen LogP contribution is 2.25. The number of aromatic nitrogens is 4. The third kappa shape index (κ3) is 7.40. The molecule has 0 aliphatic carbocycles. The molecule has 2 aromatic heterocycles.